The van der Waals surface area contributed by atoms with Crippen molar-refractivity contribution in [3.8, 4) is 0 Å². The van der Waals surface area contributed by atoms with Crippen LogP contribution in [-0.2, 0) is 28.8 Å². The van der Waals surface area contributed by atoms with Crippen molar-refractivity contribution in [2.24, 2.45) is 23.7 Å². The van der Waals surface area contributed by atoms with Gasteiger partial charge in [0.1, 0.15) is 11.6 Å². The molecule has 188 valence electrons. The normalized spacial score (nSPS) is 32.4. The van der Waals surface area contributed by atoms with E-state index in [1.807, 2.05) is 12.2 Å². The number of ether oxygens (including phenoxy) is 1. The molecular formula is C24H35N3O7. The van der Waals surface area contributed by atoms with Crippen molar-refractivity contribution in [2.75, 3.05) is 13.2 Å². The molecule has 6 atom stereocenters. The number of nitrogens with one attached hydrogen (secondary N) is 1. The van der Waals surface area contributed by atoms with E-state index < -0.39 is 47.4 Å². The Bertz CT molecular complexity index is 837. The zero-order valence-electron chi connectivity index (χ0n) is 20.3. The molecule has 4 rings (SSSR count). The minimum atomic E-state index is -0.973. The number of carbonyl (C=O) groups excluding carboxylic acids is 4. The molecule has 2 aliphatic heterocycles. The second-order valence-corrected chi connectivity index (χ2v) is 10.6. The Balaban J connectivity index is 1.43. The molecule has 0 aromatic rings. The van der Waals surface area contributed by atoms with Crippen LogP contribution >= 0.6 is 0 Å². The SMILES string of the molecule is CCCCON[C@@H]1CC[C@@H](C(=O)ON2C(=O)C3C(C2=O)[C@H]2C=C[C@@H]3C2)N(C(=O)OC(C)(C)C)C1. The Morgan fingerprint density at radius 2 is 1.74 bits per heavy atom. The molecule has 0 aromatic carbocycles. The first kappa shape index (κ1) is 24.7. The molecule has 3 amide bonds. The van der Waals surface area contributed by atoms with Crippen LogP contribution in [0, 0.1) is 23.7 Å². The fourth-order valence-corrected chi connectivity index (χ4v) is 5.34. The number of imide groups is 1. The number of hydrogen-bond acceptors (Lipinski definition) is 8. The molecular weight excluding hydrogens is 442 g/mol. The van der Waals surface area contributed by atoms with E-state index in [1.54, 1.807) is 20.8 Å². The van der Waals surface area contributed by atoms with Crippen LogP contribution < -0.4 is 5.48 Å². The van der Waals surface area contributed by atoms with Crippen molar-refractivity contribution >= 4 is 23.9 Å². The minimum absolute atomic E-state index is 0.0163. The number of hydroxylamine groups is 3. The molecule has 1 saturated carbocycles. The molecule has 2 bridgehead atoms. The van der Waals surface area contributed by atoms with E-state index in [0.29, 0.717) is 18.1 Å². The van der Waals surface area contributed by atoms with Gasteiger partial charge in [0, 0.05) is 6.54 Å². The molecule has 10 heteroatoms. The molecule has 2 saturated heterocycles. The number of nitrogens with zero attached hydrogens (tertiary/aromatic N) is 2. The molecule has 2 unspecified atom stereocenters. The fraction of sp³-hybridized carbons (Fsp3) is 0.750. The van der Waals surface area contributed by atoms with Gasteiger partial charge in [0.15, 0.2) is 0 Å². The van der Waals surface area contributed by atoms with E-state index in [9.17, 15) is 19.2 Å². The summed E-state index contributed by atoms with van der Waals surface area (Å²) in [6.07, 6.45) is 6.81. The third-order valence-corrected chi connectivity index (χ3v) is 6.94. The van der Waals surface area contributed by atoms with Crippen molar-refractivity contribution in [3.05, 3.63) is 12.2 Å². The van der Waals surface area contributed by atoms with Crippen LogP contribution in [0.1, 0.15) is 59.8 Å². The smallest absolute Gasteiger partial charge is 0.411 e. The first-order chi connectivity index (χ1) is 16.1. The van der Waals surface area contributed by atoms with Gasteiger partial charge in [-0.25, -0.2) is 9.59 Å². The topological polar surface area (TPSA) is 114 Å². The van der Waals surface area contributed by atoms with Crippen molar-refractivity contribution in [2.45, 2.75) is 77.5 Å². The first-order valence-electron chi connectivity index (χ1n) is 12.3. The minimum Gasteiger partial charge on any atom is -0.444 e. The lowest BCUT2D eigenvalue weighted by molar-refractivity contribution is -0.203. The van der Waals surface area contributed by atoms with Gasteiger partial charge in [-0.05, 0) is 58.3 Å². The van der Waals surface area contributed by atoms with Crippen LogP contribution in [0.2, 0.25) is 0 Å². The maximum Gasteiger partial charge on any atom is 0.411 e. The summed E-state index contributed by atoms with van der Waals surface area (Å²) in [7, 11) is 0. The van der Waals surface area contributed by atoms with Crippen molar-refractivity contribution in [1.29, 1.82) is 0 Å². The summed E-state index contributed by atoms with van der Waals surface area (Å²) >= 11 is 0. The summed E-state index contributed by atoms with van der Waals surface area (Å²) in [5.41, 5.74) is 2.21. The lowest BCUT2D eigenvalue weighted by Gasteiger charge is -2.38. The van der Waals surface area contributed by atoms with Gasteiger partial charge < -0.3 is 14.4 Å². The lowest BCUT2D eigenvalue weighted by atomic mass is 9.85. The third-order valence-electron chi connectivity index (χ3n) is 6.94. The highest BCUT2D eigenvalue weighted by atomic mass is 16.7. The van der Waals surface area contributed by atoms with Crippen LogP contribution in [0.3, 0.4) is 0 Å². The molecule has 0 spiro atoms. The van der Waals surface area contributed by atoms with Crippen LogP contribution in [0.15, 0.2) is 12.2 Å². The van der Waals surface area contributed by atoms with Crippen LogP contribution in [0.25, 0.3) is 0 Å². The summed E-state index contributed by atoms with van der Waals surface area (Å²) in [6, 6.07) is -1.16. The molecule has 0 aromatic heterocycles. The van der Waals surface area contributed by atoms with Crippen LogP contribution in [-0.4, -0.2) is 64.7 Å². The van der Waals surface area contributed by atoms with E-state index in [-0.39, 0.29) is 30.8 Å². The number of hydrogen-bond donors (Lipinski definition) is 1. The lowest BCUT2D eigenvalue weighted by Crippen LogP contribution is -2.57. The number of allylic oxidation sites excluding steroid dienone is 2. The largest absolute Gasteiger partial charge is 0.444 e. The summed E-state index contributed by atoms with van der Waals surface area (Å²) in [4.78, 5) is 64.0. The first-order valence-corrected chi connectivity index (χ1v) is 12.3. The fourth-order valence-electron chi connectivity index (χ4n) is 5.34. The highest BCUT2D eigenvalue weighted by molar-refractivity contribution is 6.06. The predicted molar refractivity (Wildman–Crippen MR) is 119 cm³/mol. The van der Waals surface area contributed by atoms with Crippen LogP contribution in [0.4, 0.5) is 4.79 Å². The zero-order chi connectivity index (χ0) is 24.6. The van der Waals surface area contributed by atoms with E-state index in [2.05, 4.69) is 12.4 Å². The molecule has 1 N–H and O–H groups in total. The van der Waals surface area contributed by atoms with E-state index in [1.165, 1.54) is 4.90 Å². The number of fused-ring (bicyclic) bond motifs is 5. The standard InChI is InChI=1S/C24H35N3O7/c1-5-6-11-32-25-16-9-10-17(26(13-16)23(31)33-24(2,3)4)22(30)34-27-20(28)18-14-7-8-15(12-14)19(18)21(27)29/h7-8,14-19,25H,5-6,9-13H2,1-4H3/t14-,15+,16-,17+,18?,19?/m1/s1. The number of amides is 3. The van der Waals surface area contributed by atoms with Gasteiger partial charge in [0.05, 0.1) is 24.5 Å². The summed E-state index contributed by atoms with van der Waals surface area (Å²) < 4.78 is 5.51. The van der Waals surface area contributed by atoms with E-state index in [4.69, 9.17) is 14.4 Å². The number of likely N-dealkylation sites (tertiary alicyclic amines) is 1. The Morgan fingerprint density at radius 3 is 2.32 bits per heavy atom. The molecule has 3 fully saturated rings. The maximum absolute atomic E-state index is 13.1. The number of rotatable bonds is 7. The maximum atomic E-state index is 13.1. The number of piperidine rings is 1. The summed E-state index contributed by atoms with van der Waals surface area (Å²) in [6.45, 7) is 8.01. The average molecular weight is 478 g/mol. The Hall–Kier alpha value is -2.46. The summed E-state index contributed by atoms with van der Waals surface area (Å²) in [5.74, 6) is -2.63. The molecule has 2 aliphatic carbocycles. The molecule has 0 radical (unpaired) electrons. The van der Waals surface area contributed by atoms with Gasteiger partial charge in [-0.3, -0.25) is 14.5 Å². The molecule has 4 aliphatic rings. The van der Waals surface area contributed by atoms with Crippen molar-refractivity contribution in [3.63, 3.8) is 0 Å². The predicted octanol–water partition coefficient (Wildman–Crippen LogP) is 2.34. The second-order valence-electron chi connectivity index (χ2n) is 10.6. The highest BCUT2D eigenvalue weighted by Crippen LogP contribution is 2.52. The number of unbranched alkanes of at least 4 members (excludes halogenated alkanes) is 1. The Morgan fingerprint density at radius 1 is 1.09 bits per heavy atom. The number of carbonyl (C=O) groups is 4. The van der Waals surface area contributed by atoms with Gasteiger partial charge in [-0.1, -0.05) is 25.5 Å². The quantitative estimate of drug-likeness (QED) is 0.257. The van der Waals surface area contributed by atoms with Gasteiger partial charge in [0.25, 0.3) is 11.8 Å². The van der Waals surface area contributed by atoms with Crippen LogP contribution in [0.5, 0.6) is 0 Å². The third kappa shape index (κ3) is 4.84. The molecule has 34 heavy (non-hydrogen) atoms. The Kier molecular flexibility index (Phi) is 7.00. The van der Waals surface area contributed by atoms with E-state index in [0.717, 1.165) is 19.3 Å². The van der Waals surface area contributed by atoms with Gasteiger partial charge in [-0.2, -0.15) is 5.48 Å². The van der Waals surface area contributed by atoms with E-state index >= 15 is 0 Å². The van der Waals surface area contributed by atoms with Gasteiger partial charge in [-0.15, -0.1) is 5.06 Å². The van der Waals surface area contributed by atoms with Crippen molar-refractivity contribution < 1.29 is 33.6 Å². The molecule has 10 nitrogen and oxygen atoms in total. The average Bonchev–Trinajstić information content (AvgIpc) is 3.45. The Labute approximate surface area is 199 Å². The van der Waals surface area contributed by atoms with Gasteiger partial charge >= 0.3 is 12.1 Å². The summed E-state index contributed by atoms with van der Waals surface area (Å²) in [5, 5.41) is 0.634. The highest BCUT2D eigenvalue weighted by Gasteiger charge is 2.61. The van der Waals surface area contributed by atoms with Crippen molar-refractivity contribution in [1.82, 2.24) is 15.4 Å². The zero-order valence-corrected chi connectivity index (χ0v) is 20.3. The second kappa shape index (κ2) is 9.65. The monoisotopic (exact) mass is 477 g/mol. The van der Waals surface area contributed by atoms with Gasteiger partial charge in [0.2, 0.25) is 0 Å². The molecule has 2 heterocycles.